The van der Waals surface area contributed by atoms with Gasteiger partial charge in [-0.25, -0.2) is 18.6 Å². The number of hydrogen-bond acceptors (Lipinski definition) is 8. The number of carbonyl (C=O) groups excluding carboxylic acids is 1. The Morgan fingerprint density at radius 1 is 1.47 bits per heavy atom. The molecule has 0 atom stereocenters. The molecule has 0 unspecified atom stereocenters. The molecule has 10 heteroatoms. The normalized spacial score (nSPS) is 21.1. The zero-order valence-electron chi connectivity index (χ0n) is 9.17. The first-order chi connectivity index (χ1) is 7.80. The van der Waals surface area contributed by atoms with Crippen molar-refractivity contribution in [2.75, 3.05) is 5.43 Å². The molecule has 1 aliphatic rings. The second-order valence-corrected chi connectivity index (χ2v) is 7.45. The number of nitrogens with two attached hydrogens (primary N) is 1. The lowest BCUT2D eigenvalue weighted by molar-refractivity contribution is -0.132. The highest BCUT2D eigenvalue weighted by molar-refractivity contribution is 7.94. The minimum absolute atomic E-state index is 0.0933. The van der Waals surface area contributed by atoms with Gasteiger partial charge in [0.25, 0.3) is 15.9 Å². The second-order valence-electron chi connectivity index (χ2n) is 3.97. The molecule has 0 aromatic carbocycles. The maximum Gasteiger partial charge on any atom is 0.259 e. The summed E-state index contributed by atoms with van der Waals surface area (Å²) in [6.45, 7) is 2.67. The van der Waals surface area contributed by atoms with E-state index in [-0.39, 0.29) is 6.54 Å². The first-order valence-corrected chi connectivity index (χ1v) is 6.92. The van der Waals surface area contributed by atoms with Crippen LogP contribution in [0.15, 0.2) is 0 Å². The predicted molar refractivity (Wildman–Crippen MR) is 61.3 cm³/mol. The van der Waals surface area contributed by atoms with Gasteiger partial charge in [-0.2, -0.15) is 0 Å². The largest absolute Gasteiger partial charge is 0.298 e. The number of amides is 1. The summed E-state index contributed by atoms with van der Waals surface area (Å²) in [5, 5.41) is 8.15. The smallest absolute Gasteiger partial charge is 0.259 e. The molecular weight excluding hydrogens is 266 g/mol. The van der Waals surface area contributed by atoms with Crippen molar-refractivity contribution in [3.05, 3.63) is 5.01 Å². The van der Waals surface area contributed by atoms with Crippen LogP contribution >= 0.6 is 11.3 Å². The second kappa shape index (κ2) is 3.62. The minimum atomic E-state index is -3.57. The van der Waals surface area contributed by atoms with E-state index in [9.17, 15) is 13.2 Å². The van der Waals surface area contributed by atoms with Crippen molar-refractivity contribution in [1.29, 1.82) is 0 Å². The van der Waals surface area contributed by atoms with E-state index in [4.69, 9.17) is 5.84 Å². The van der Waals surface area contributed by atoms with Crippen LogP contribution in [-0.4, -0.2) is 33.6 Å². The summed E-state index contributed by atoms with van der Waals surface area (Å²) in [7, 11) is -3.57. The molecule has 1 amide bonds. The van der Waals surface area contributed by atoms with E-state index in [1.807, 2.05) is 0 Å². The highest BCUT2D eigenvalue weighted by Crippen LogP contribution is 2.36. The van der Waals surface area contributed by atoms with Gasteiger partial charge in [-0.1, -0.05) is 11.3 Å². The Hall–Kier alpha value is -1.26. The Labute approximate surface area is 102 Å². The number of sulfonamides is 1. The molecule has 94 valence electrons. The van der Waals surface area contributed by atoms with Crippen LogP contribution in [0.4, 0.5) is 5.13 Å². The van der Waals surface area contributed by atoms with Crippen LogP contribution < -0.4 is 11.3 Å². The molecule has 0 bridgehead atoms. The molecule has 2 rings (SSSR count). The summed E-state index contributed by atoms with van der Waals surface area (Å²) in [4.78, 5) is 11.6. The lowest BCUT2D eigenvalue weighted by atomic mass is 10.2. The average Bonchev–Trinajstić information content (AvgIpc) is 2.72. The first-order valence-electron chi connectivity index (χ1n) is 4.66. The van der Waals surface area contributed by atoms with Gasteiger partial charge in [0, 0.05) is 0 Å². The lowest BCUT2D eigenvalue weighted by Gasteiger charge is -2.42. The predicted octanol–water partition coefficient (Wildman–Crippen LogP) is -0.726. The van der Waals surface area contributed by atoms with Crippen LogP contribution in [-0.2, 0) is 21.4 Å². The standard InChI is InChI=1S/C7H11N5O3S2/c1-7(2)5(13)12(17(7,14)15)3-4-10-11-6(9-8)16-4/h3,8H2,1-2H3,(H,9,11). The van der Waals surface area contributed by atoms with Crippen molar-refractivity contribution in [2.45, 2.75) is 25.1 Å². The summed E-state index contributed by atoms with van der Waals surface area (Å²) >= 11 is 1.10. The van der Waals surface area contributed by atoms with Crippen LogP contribution in [0.1, 0.15) is 18.9 Å². The van der Waals surface area contributed by atoms with Gasteiger partial charge in [0.2, 0.25) is 5.13 Å². The summed E-state index contributed by atoms with van der Waals surface area (Å²) in [5.41, 5.74) is 2.30. The highest BCUT2D eigenvalue weighted by Gasteiger charge is 2.60. The third kappa shape index (κ3) is 1.59. The van der Waals surface area contributed by atoms with E-state index in [0.717, 1.165) is 15.6 Å². The molecule has 3 N–H and O–H groups in total. The molecule has 1 aliphatic heterocycles. The molecule has 17 heavy (non-hydrogen) atoms. The van der Waals surface area contributed by atoms with E-state index in [1.165, 1.54) is 13.8 Å². The van der Waals surface area contributed by atoms with E-state index in [2.05, 4.69) is 15.6 Å². The molecule has 0 spiro atoms. The van der Waals surface area contributed by atoms with Crippen LogP contribution in [0, 0.1) is 0 Å². The van der Waals surface area contributed by atoms with Crippen LogP contribution in [0.2, 0.25) is 0 Å². The number of hydrazine groups is 1. The van der Waals surface area contributed by atoms with Crippen molar-refractivity contribution < 1.29 is 13.2 Å². The zero-order valence-corrected chi connectivity index (χ0v) is 10.8. The highest BCUT2D eigenvalue weighted by atomic mass is 32.2. The number of rotatable bonds is 3. The van der Waals surface area contributed by atoms with Crippen LogP contribution in [0.3, 0.4) is 0 Å². The number of aromatic nitrogens is 2. The van der Waals surface area contributed by atoms with Gasteiger partial charge in [0.1, 0.15) is 5.01 Å². The third-order valence-electron chi connectivity index (χ3n) is 2.55. The van der Waals surface area contributed by atoms with Gasteiger partial charge in [0.15, 0.2) is 4.75 Å². The molecule has 1 saturated heterocycles. The maximum atomic E-state index is 11.8. The van der Waals surface area contributed by atoms with E-state index >= 15 is 0 Å². The molecule has 1 fully saturated rings. The van der Waals surface area contributed by atoms with Gasteiger partial charge in [-0.15, -0.1) is 10.2 Å². The van der Waals surface area contributed by atoms with E-state index < -0.39 is 20.7 Å². The summed E-state index contributed by atoms with van der Waals surface area (Å²) in [6, 6.07) is 0. The Morgan fingerprint density at radius 3 is 2.59 bits per heavy atom. The number of anilines is 1. The average molecular weight is 277 g/mol. The summed E-state index contributed by atoms with van der Waals surface area (Å²) in [5.74, 6) is 4.69. The van der Waals surface area contributed by atoms with E-state index in [1.54, 1.807) is 0 Å². The van der Waals surface area contributed by atoms with E-state index in [0.29, 0.717) is 10.1 Å². The number of nitrogens with zero attached hydrogens (tertiary/aromatic N) is 3. The quantitative estimate of drug-likeness (QED) is 0.552. The van der Waals surface area contributed by atoms with Crippen molar-refractivity contribution >= 4 is 32.4 Å². The van der Waals surface area contributed by atoms with Gasteiger partial charge >= 0.3 is 0 Å². The van der Waals surface area contributed by atoms with Gasteiger partial charge in [-0.05, 0) is 13.8 Å². The Balaban J connectivity index is 2.19. The number of hydrogen-bond donors (Lipinski definition) is 2. The molecule has 0 saturated carbocycles. The lowest BCUT2D eigenvalue weighted by Crippen LogP contribution is -2.66. The van der Waals surface area contributed by atoms with Crippen LogP contribution in [0.5, 0.6) is 0 Å². The first kappa shape index (κ1) is 12.2. The molecule has 0 radical (unpaired) electrons. The fraction of sp³-hybridized carbons (Fsp3) is 0.571. The van der Waals surface area contributed by atoms with Crippen molar-refractivity contribution in [3.8, 4) is 0 Å². The Kier molecular flexibility index (Phi) is 2.60. The molecular formula is C7H11N5O3S2. The van der Waals surface area contributed by atoms with Gasteiger partial charge in [-0.3, -0.25) is 10.2 Å². The number of carbonyl (C=O) groups is 1. The molecule has 2 heterocycles. The molecule has 0 aliphatic carbocycles. The molecule has 1 aromatic heterocycles. The zero-order chi connectivity index (χ0) is 12.8. The third-order valence-corrected chi connectivity index (χ3v) is 5.72. The Morgan fingerprint density at radius 2 is 2.12 bits per heavy atom. The number of nitrogens with one attached hydrogen (secondary N) is 1. The van der Waals surface area contributed by atoms with Crippen molar-refractivity contribution in [2.24, 2.45) is 5.84 Å². The Bertz CT molecular complexity index is 564. The van der Waals surface area contributed by atoms with Crippen molar-refractivity contribution in [3.63, 3.8) is 0 Å². The monoisotopic (exact) mass is 277 g/mol. The van der Waals surface area contributed by atoms with Gasteiger partial charge in [0.05, 0.1) is 6.54 Å². The SMILES string of the molecule is CC1(C)C(=O)N(Cc2nnc(NN)s2)S1(=O)=O. The molecule has 1 aromatic rings. The summed E-state index contributed by atoms with van der Waals surface area (Å²) in [6.07, 6.45) is 0. The summed E-state index contributed by atoms with van der Waals surface area (Å²) < 4.78 is 23.0. The minimum Gasteiger partial charge on any atom is -0.298 e. The van der Waals surface area contributed by atoms with Crippen molar-refractivity contribution in [1.82, 2.24) is 14.5 Å². The maximum absolute atomic E-state index is 11.8. The fourth-order valence-corrected chi connectivity index (χ4v) is 3.62. The fourth-order valence-electron chi connectivity index (χ4n) is 1.41. The topological polar surface area (TPSA) is 118 Å². The molecule has 8 nitrogen and oxygen atoms in total. The van der Waals surface area contributed by atoms with Gasteiger partial charge < -0.3 is 0 Å². The number of nitrogen functional groups attached to an aromatic ring is 1. The van der Waals surface area contributed by atoms with Crippen LogP contribution in [0.25, 0.3) is 0 Å².